The Balaban J connectivity index is 1.64. The van der Waals surface area contributed by atoms with Crippen molar-refractivity contribution in [2.45, 2.75) is 24.4 Å². The minimum atomic E-state index is -1.27. The van der Waals surface area contributed by atoms with E-state index in [1.807, 2.05) is 30.5 Å². The third-order valence-corrected chi connectivity index (χ3v) is 8.26. The van der Waals surface area contributed by atoms with Crippen LogP contribution in [0.1, 0.15) is 18.4 Å². The summed E-state index contributed by atoms with van der Waals surface area (Å²) in [6, 6.07) is 13.9. The monoisotopic (exact) mass is 517 g/mol. The largest absolute Gasteiger partial charge is 0.310 e. The predicted molar refractivity (Wildman–Crippen MR) is 137 cm³/mol. The highest BCUT2D eigenvalue weighted by Gasteiger charge is 2.71. The first-order chi connectivity index (χ1) is 16.5. The summed E-state index contributed by atoms with van der Waals surface area (Å²) < 4.78 is 0. The molecule has 6 nitrogen and oxygen atoms in total. The average molecular weight is 518 g/mol. The van der Waals surface area contributed by atoms with E-state index in [0.717, 1.165) is 17.0 Å². The van der Waals surface area contributed by atoms with Crippen molar-refractivity contribution in [1.82, 2.24) is 5.32 Å². The van der Waals surface area contributed by atoms with Gasteiger partial charge in [-0.05, 0) is 55.2 Å². The molecule has 178 valence electrons. The van der Waals surface area contributed by atoms with Gasteiger partial charge in [-0.3, -0.25) is 19.7 Å². The Morgan fingerprint density at radius 1 is 1.06 bits per heavy atom. The molecular weight excluding hydrogens is 493 g/mol. The first-order valence-electron chi connectivity index (χ1n) is 11.3. The summed E-state index contributed by atoms with van der Waals surface area (Å²) in [6.45, 7) is 0.457. The van der Waals surface area contributed by atoms with Crippen molar-refractivity contribution >= 4 is 64.1 Å². The van der Waals surface area contributed by atoms with Crippen molar-refractivity contribution in [2.24, 2.45) is 11.8 Å². The number of benzene rings is 2. The maximum atomic E-state index is 14.1. The molecule has 5 rings (SSSR count). The van der Waals surface area contributed by atoms with Crippen molar-refractivity contribution in [3.05, 3.63) is 59.1 Å². The van der Waals surface area contributed by atoms with Gasteiger partial charge in [-0.15, -0.1) is 11.6 Å². The van der Waals surface area contributed by atoms with Crippen LogP contribution in [-0.2, 0) is 19.9 Å². The van der Waals surface area contributed by atoms with Gasteiger partial charge in [0.05, 0.1) is 17.5 Å². The number of para-hydroxylation sites is 1. The number of carbonyl (C=O) groups excluding carboxylic acids is 3. The Bertz CT molecular complexity index is 1140. The van der Waals surface area contributed by atoms with E-state index in [9.17, 15) is 14.4 Å². The molecule has 1 N–H and O–H groups in total. The van der Waals surface area contributed by atoms with Crippen molar-refractivity contribution in [3.8, 4) is 0 Å². The second-order valence-corrected chi connectivity index (χ2v) is 10.6. The summed E-state index contributed by atoms with van der Waals surface area (Å²) in [5, 5.41) is 4.05. The molecule has 2 saturated heterocycles. The van der Waals surface area contributed by atoms with Crippen LogP contribution in [-0.4, -0.2) is 48.2 Å². The van der Waals surface area contributed by atoms with Gasteiger partial charge >= 0.3 is 0 Å². The lowest BCUT2D eigenvalue weighted by Gasteiger charge is -2.30. The zero-order valence-corrected chi connectivity index (χ0v) is 21.0. The predicted octanol–water partition coefficient (Wildman–Crippen LogP) is 4.04. The van der Waals surface area contributed by atoms with Crippen LogP contribution in [0.3, 0.4) is 0 Å². The van der Waals surface area contributed by atoms with Crippen LogP contribution in [0.25, 0.3) is 0 Å². The molecule has 9 heteroatoms. The average Bonchev–Trinajstić information content (AvgIpc) is 3.40. The van der Waals surface area contributed by atoms with E-state index in [1.54, 1.807) is 40.9 Å². The summed E-state index contributed by atoms with van der Waals surface area (Å²) in [7, 11) is 0. The Labute approximate surface area is 212 Å². The van der Waals surface area contributed by atoms with E-state index in [0.29, 0.717) is 36.0 Å². The highest BCUT2D eigenvalue weighted by atomic mass is 35.5. The standard InChI is InChI=1S/C25H25Cl2N3O3S/c1-34-14-11-18-20-21(23(32)30(22(20)31)16-9-7-15(27)8-10-16)25(28-18)17-5-2-3-6-19(17)29(24(25)33)13-4-12-26/h2-3,5-10,18,20-21,28H,4,11-14H2,1H3/t18-,20+,21+,25+/m1/s1. The number of nitrogens with one attached hydrogen (secondary N) is 1. The van der Waals surface area contributed by atoms with Crippen LogP contribution >= 0.6 is 35.0 Å². The molecule has 2 fully saturated rings. The SMILES string of the molecule is CSCC[C@H]1N[C@]2(C(=O)N(CCCCl)c3ccccc32)[C@@H]2C(=O)N(c3ccc(Cl)cc3)C(=O)[C@H]21. The van der Waals surface area contributed by atoms with E-state index in [4.69, 9.17) is 23.2 Å². The van der Waals surface area contributed by atoms with E-state index in [-0.39, 0.29) is 23.8 Å². The van der Waals surface area contributed by atoms with Gasteiger partial charge in [0.15, 0.2) is 0 Å². The minimum Gasteiger partial charge on any atom is -0.310 e. The van der Waals surface area contributed by atoms with Crippen molar-refractivity contribution < 1.29 is 14.4 Å². The van der Waals surface area contributed by atoms with Crippen LogP contribution in [0.5, 0.6) is 0 Å². The number of thioether (sulfide) groups is 1. The maximum Gasteiger partial charge on any atom is 0.252 e. The number of fused-ring (bicyclic) bond motifs is 4. The molecule has 0 unspecified atom stereocenters. The second kappa shape index (κ2) is 9.19. The molecule has 0 aliphatic carbocycles. The molecule has 3 amide bonds. The lowest BCUT2D eigenvalue weighted by atomic mass is 9.76. The highest BCUT2D eigenvalue weighted by molar-refractivity contribution is 7.98. The number of anilines is 2. The highest BCUT2D eigenvalue weighted by Crippen LogP contribution is 2.55. The molecule has 0 aromatic heterocycles. The molecule has 2 aromatic rings. The zero-order valence-electron chi connectivity index (χ0n) is 18.7. The van der Waals surface area contributed by atoms with Crippen LogP contribution in [0, 0.1) is 11.8 Å². The molecule has 0 radical (unpaired) electrons. The lowest BCUT2D eigenvalue weighted by molar-refractivity contribution is -0.132. The number of alkyl halides is 1. The molecule has 1 spiro atoms. The van der Waals surface area contributed by atoms with Crippen molar-refractivity contribution in [3.63, 3.8) is 0 Å². The van der Waals surface area contributed by atoms with Gasteiger partial charge in [-0.25, -0.2) is 4.90 Å². The number of rotatable bonds is 7. The first kappa shape index (κ1) is 23.7. The molecule has 3 heterocycles. The smallest absolute Gasteiger partial charge is 0.252 e. The molecule has 34 heavy (non-hydrogen) atoms. The Morgan fingerprint density at radius 2 is 1.79 bits per heavy atom. The van der Waals surface area contributed by atoms with Crippen molar-refractivity contribution in [2.75, 3.05) is 34.2 Å². The fourth-order valence-electron chi connectivity index (χ4n) is 5.72. The number of halogens is 2. The normalized spacial score (nSPS) is 27.7. The minimum absolute atomic E-state index is 0.181. The Kier molecular flexibility index (Phi) is 6.40. The molecule has 3 aliphatic rings. The van der Waals surface area contributed by atoms with Crippen molar-refractivity contribution in [1.29, 1.82) is 0 Å². The van der Waals surface area contributed by atoms with E-state index in [2.05, 4.69) is 5.32 Å². The molecule has 2 aromatic carbocycles. The molecule has 0 bridgehead atoms. The van der Waals surface area contributed by atoms with Gasteiger partial charge in [-0.1, -0.05) is 29.8 Å². The van der Waals surface area contributed by atoms with Gasteiger partial charge < -0.3 is 4.90 Å². The number of hydrogen-bond acceptors (Lipinski definition) is 5. The summed E-state index contributed by atoms with van der Waals surface area (Å²) >= 11 is 13.7. The molecular formula is C25H25Cl2N3O3S. The summed E-state index contributed by atoms with van der Waals surface area (Å²) in [5.41, 5.74) is 0.741. The maximum absolute atomic E-state index is 14.1. The first-order valence-corrected chi connectivity index (χ1v) is 13.6. The Morgan fingerprint density at radius 3 is 2.50 bits per heavy atom. The summed E-state index contributed by atoms with van der Waals surface area (Å²) in [4.78, 5) is 44.8. The number of carbonyl (C=O) groups is 3. The zero-order chi connectivity index (χ0) is 24.0. The van der Waals surface area contributed by atoms with Gasteiger partial charge in [-0.2, -0.15) is 11.8 Å². The number of imide groups is 1. The molecule has 3 aliphatic heterocycles. The third kappa shape index (κ3) is 3.40. The third-order valence-electron chi connectivity index (χ3n) is 7.10. The van der Waals surface area contributed by atoms with Gasteiger partial charge in [0.1, 0.15) is 5.54 Å². The quantitative estimate of drug-likeness (QED) is 0.443. The Hall–Kier alpha value is -2.06. The number of nitrogens with zero attached hydrogens (tertiary/aromatic N) is 2. The fourth-order valence-corrected chi connectivity index (χ4v) is 6.46. The number of amides is 3. The topological polar surface area (TPSA) is 69.7 Å². The van der Waals surface area contributed by atoms with Crippen LogP contribution in [0.4, 0.5) is 11.4 Å². The van der Waals surface area contributed by atoms with Gasteiger partial charge in [0.25, 0.3) is 5.91 Å². The lowest BCUT2D eigenvalue weighted by Crippen LogP contribution is -2.55. The van der Waals surface area contributed by atoms with Gasteiger partial charge in [0, 0.05) is 34.7 Å². The molecule has 0 saturated carbocycles. The van der Waals surface area contributed by atoms with E-state index in [1.165, 1.54) is 4.90 Å². The fraction of sp³-hybridized carbons (Fsp3) is 0.400. The van der Waals surface area contributed by atoms with Gasteiger partial charge in [0.2, 0.25) is 11.8 Å². The second-order valence-electron chi connectivity index (χ2n) is 8.85. The van der Waals surface area contributed by atoms with Crippen LogP contribution in [0.2, 0.25) is 5.02 Å². The summed E-state index contributed by atoms with van der Waals surface area (Å²) in [6.07, 6.45) is 3.31. The van der Waals surface area contributed by atoms with Crippen LogP contribution < -0.4 is 15.1 Å². The number of hydrogen-bond donors (Lipinski definition) is 1. The van der Waals surface area contributed by atoms with Crippen LogP contribution in [0.15, 0.2) is 48.5 Å². The van der Waals surface area contributed by atoms with E-state index >= 15 is 0 Å². The van der Waals surface area contributed by atoms with E-state index < -0.39 is 17.4 Å². The molecule has 4 atom stereocenters. The summed E-state index contributed by atoms with van der Waals surface area (Å²) in [5.74, 6) is -1.00.